The molecule has 0 bridgehead atoms. The average Bonchev–Trinajstić information content (AvgIpc) is 2.88. The van der Waals surface area contributed by atoms with E-state index in [4.69, 9.17) is 28.3 Å². The zero-order valence-corrected chi connectivity index (χ0v) is 20.9. The maximum Gasteiger partial charge on any atom is 0.303 e. The van der Waals surface area contributed by atoms with E-state index < -0.39 is 5.97 Å². The summed E-state index contributed by atoms with van der Waals surface area (Å²) in [5.41, 5.74) is 6.28. The summed E-state index contributed by atoms with van der Waals surface area (Å²) in [6, 6.07) is 25.2. The number of pyridine rings is 1. The predicted octanol–water partition coefficient (Wildman–Crippen LogP) is 7.77. The van der Waals surface area contributed by atoms with Gasteiger partial charge in [0.2, 0.25) is 0 Å². The van der Waals surface area contributed by atoms with Crippen LogP contribution >= 0.6 is 23.2 Å². The first-order valence-electron chi connectivity index (χ1n) is 11.5. The van der Waals surface area contributed by atoms with Gasteiger partial charge in [-0.05, 0) is 77.2 Å². The van der Waals surface area contributed by atoms with Gasteiger partial charge < -0.3 is 10.4 Å². The summed E-state index contributed by atoms with van der Waals surface area (Å²) in [5, 5.41) is 13.5. The number of halogens is 2. The summed E-state index contributed by atoms with van der Waals surface area (Å²) < 4.78 is 0. The summed E-state index contributed by atoms with van der Waals surface area (Å²) in [7, 11) is 0. The Morgan fingerprint density at radius 1 is 0.750 bits per heavy atom. The summed E-state index contributed by atoms with van der Waals surface area (Å²) in [5.74, 6) is -1.08. The second-order valence-corrected chi connectivity index (χ2v) is 9.26. The molecular formula is C29H24Cl2N2O3. The molecular weight excluding hydrogens is 495 g/mol. The number of aliphatic carboxylic acids is 1. The van der Waals surface area contributed by atoms with Gasteiger partial charge in [-0.25, -0.2) is 0 Å². The van der Waals surface area contributed by atoms with Gasteiger partial charge in [-0.1, -0.05) is 53.5 Å². The number of hydrogen-bond acceptors (Lipinski definition) is 4. The van der Waals surface area contributed by atoms with Crippen molar-refractivity contribution >= 4 is 40.6 Å². The highest BCUT2D eigenvalue weighted by Gasteiger charge is 2.10. The SMILES string of the molecule is O=C(O)CCCC(=O)c1ccc(-c2cc(Cl)cc(CNc3ccc(-c4ccc(Cl)cc4)cc3)c2)cn1. The van der Waals surface area contributed by atoms with Crippen LogP contribution in [0, 0.1) is 0 Å². The van der Waals surface area contributed by atoms with Crippen molar-refractivity contribution in [3.05, 3.63) is 106 Å². The number of hydrogen-bond donors (Lipinski definition) is 2. The molecule has 0 radical (unpaired) electrons. The molecule has 7 heteroatoms. The lowest BCUT2D eigenvalue weighted by Crippen LogP contribution is -2.04. The molecule has 0 saturated heterocycles. The van der Waals surface area contributed by atoms with Crippen molar-refractivity contribution in [2.75, 3.05) is 5.32 Å². The molecule has 0 unspecified atom stereocenters. The first-order chi connectivity index (χ1) is 17.4. The van der Waals surface area contributed by atoms with Crippen molar-refractivity contribution in [1.29, 1.82) is 0 Å². The van der Waals surface area contributed by atoms with E-state index >= 15 is 0 Å². The normalized spacial score (nSPS) is 10.7. The quantitative estimate of drug-likeness (QED) is 0.209. The van der Waals surface area contributed by atoms with E-state index in [-0.39, 0.29) is 18.6 Å². The van der Waals surface area contributed by atoms with E-state index in [1.165, 1.54) is 0 Å². The lowest BCUT2D eigenvalue weighted by atomic mass is 10.0. The number of Topliss-reactive ketones (excluding diaryl/α,β-unsaturated/α-hetero) is 1. The number of carbonyl (C=O) groups is 2. The highest BCUT2D eigenvalue weighted by Crippen LogP contribution is 2.27. The van der Waals surface area contributed by atoms with Gasteiger partial charge >= 0.3 is 5.97 Å². The Labute approximate surface area is 219 Å². The molecule has 0 aliphatic carbocycles. The number of carboxylic acids is 1. The molecule has 0 aliphatic rings. The van der Waals surface area contributed by atoms with Crippen LogP contribution in [0.1, 0.15) is 35.3 Å². The number of carboxylic acid groups (broad SMARTS) is 1. The van der Waals surface area contributed by atoms with Gasteiger partial charge in [-0.15, -0.1) is 0 Å². The van der Waals surface area contributed by atoms with Crippen LogP contribution in [0.3, 0.4) is 0 Å². The Hall–Kier alpha value is -3.67. The summed E-state index contributed by atoms with van der Waals surface area (Å²) in [6.07, 6.45) is 2.07. The second-order valence-electron chi connectivity index (χ2n) is 8.39. The molecule has 0 aliphatic heterocycles. The first-order valence-corrected chi connectivity index (χ1v) is 12.2. The number of aromatic nitrogens is 1. The van der Waals surface area contributed by atoms with Crippen molar-refractivity contribution in [2.45, 2.75) is 25.8 Å². The molecule has 0 fully saturated rings. The van der Waals surface area contributed by atoms with Gasteiger partial charge in [0.15, 0.2) is 5.78 Å². The molecule has 1 heterocycles. The number of rotatable bonds is 10. The van der Waals surface area contributed by atoms with Gasteiger partial charge in [0.25, 0.3) is 0 Å². The van der Waals surface area contributed by atoms with E-state index in [2.05, 4.69) is 22.4 Å². The second kappa shape index (κ2) is 11.8. The van der Waals surface area contributed by atoms with Crippen LogP contribution in [0.4, 0.5) is 5.69 Å². The summed E-state index contributed by atoms with van der Waals surface area (Å²) >= 11 is 12.4. The predicted molar refractivity (Wildman–Crippen MR) is 145 cm³/mol. The number of anilines is 1. The third-order valence-electron chi connectivity index (χ3n) is 5.69. The molecule has 0 spiro atoms. The fourth-order valence-electron chi connectivity index (χ4n) is 3.80. The zero-order chi connectivity index (χ0) is 25.5. The van der Waals surface area contributed by atoms with Crippen LogP contribution in [0.2, 0.25) is 10.0 Å². The lowest BCUT2D eigenvalue weighted by Gasteiger charge is -2.11. The van der Waals surface area contributed by atoms with Crippen molar-refractivity contribution < 1.29 is 14.7 Å². The Balaban J connectivity index is 1.40. The van der Waals surface area contributed by atoms with E-state index in [0.29, 0.717) is 28.7 Å². The Kier molecular flexibility index (Phi) is 8.36. The molecule has 182 valence electrons. The largest absolute Gasteiger partial charge is 0.481 e. The maximum atomic E-state index is 12.2. The molecule has 5 nitrogen and oxygen atoms in total. The van der Waals surface area contributed by atoms with E-state index in [9.17, 15) is 9.59 Å². The molecule has 2 N–H and O–H groups in total. The molecule has 0 atom stereocenters. The summed E-state index contributed by atoms with van der Waals surface area (Å²) in [4.78, 5) is 27.1. The Morgan fingerprint density at radius 2 is 1.42 bits per heavy atom. The molecule has 0 saturated carbocycles. The topological polar surface area (TPSA) is 79.3 Å². The number of nitrogens with zero attached hydrogens (tertiary/aromatic N) is 1. The summed E-state index contributed by atoms with van der Waals surface area (Å²) in [6.45, 7) is 0.585. The molecule has 36 heavy (non-hydrogen) atoms. The highest BCUT2D eigenvalue weighted by molar-refractivity contribution is 6.31. The molecule has 4 rings (SSSR count). The number of ketones is 1. The smallest absolute Gasteiger partial charge is 0.303 e. The van der Waals surface area contributed by atoms with Crippen LogP contribution < -0.4 is 5.32 Å². The van der Waals surface area contributed by atoms with Crippen LogP contribution in [-0.2, 0) is 11.3 Å². The van der Waals surface area contributed by atoms with E-state index in [0.717, 1.165) is 33.5 Å². The molecule has 0 amide bonds. The standard InChI is InChI=1S/C29H24Cl2N2O3/c30-24-9-4-20(5-10-24)21-6-11-26(12-7-21)32-17-19-14-23(16-25(31)15-19)22-8-13-27(33-18-22)28(34)2-1-3-29(35)36/h4-16,18,32H,1-3,17H2,(H,35,36). The monoisotopic (exact) mass is 518 g/mol. The minimum Gasteiger partial charge on any atom is -0.481 e. The number of nitrogens with one attached hydrogen (secondary N) is 1. The molecule has 4 aromatic rings. The first kappa shape index (κ1) is 25.4. The van der Waals surface area contributed by atoms with Crippen molar-refractivity contribution in [3.8, 4) is 22.3 Å². The minimum absolute atomic E-state index is 0.0321. The number of benzene rings is 3. The fourth-order valence-corrected chi connectivity index (χ4v) is 4.19. The average molecular weight is 519 g/mol. The van der Waals surface area contributed by atoms with Gasteiger partial charge in [0, 0.05) is 46.9 Å². The van der Waals surface area contributed by atoms with Crippen molar-refractivity contribution in [1.82, 2.24) is 4.98 Å². The van der Waals surface area contributed by atoms with E-state index in [1.807, 2.05) is 60.7 Å². The van der Waals surface area contributed by atoms with Gasteiger partial charge in [0.05, 0.1) is 0 Å². The van der Waals surface area contributed by atoms with Gasteiger partial charge in [-0.3, -0.25) is 14.6 Å². The van der Waals surface area contributed by atoms with Gasteiger partial charge in [-0.2, -0.15) is 0 Å². The molecule has 3 aromatic carbocycles. The van der Waals surface area contributed by atoms with Crippen molar-refractivity contribution in [2.24, 2.45) is 0 Å². The Bertz CT molecular complexity index is 1350. The fraction of sp³-hybridized carbons (Fsp3) is 0.138. The van der Waals surface area contributed by atoms with Crippen LogP contribution in [-0.4, -0.2) is 21.8 Å². The zero-order valence-electron chi connectivity index (χ0n) is 19.4. The number of carbonyl (C=O) groups excluding carboxylic acids is 1. The lowest BCUT2D eigenvalue weighted by molar-refractivity contribution is -0.137. The van der Waals surface area contributed by atoms with Crippen LogP contribution in [0.5, 0.6) is 0 Å². The minimum atomic E-state index is -0.910. The van der Waals surface area contributed by atoms with Gasteiger partial charge in [0.1, 0.15) is 5.69 Å². The third kappa shape index (κ3) is 6.94. The molecule has 1 aromatic heterocycles. The third-order valence-corrected chi connectivity index (χ3v) is 6.16. The van der Waals surface area contributed by atoms with E-state index in [1.54, 1.807) is 12.3 Å². The Morgan fingerprint density at radius 3 is 2.06 bits per heavy atom. The maximum absolute atomic E-state index is 12.2. The van der Waals surface area contributed by atoms with Crippen molar-refractivity contribution in [3.63, 3.8) is 0 Å². The van der Waals surface area contributed by atoms with Crippen LogP contribution in [0.25, 0.3) is 22.3 Å². The van der Waals surface area contributed by atoms with Crippen LogP contribution in [0.15, 0.2) is 85.1 Å². The highest BCUT2D eigenvalue weighted by atomic mass is 35.5.